The summed E-state index contributed by atoms with van der Waals surface area (Å²) in [5, 5.41) is 0. The highest BCUT2D eigenvalue weighted by Crippen LogP contribution is 2.53. The predicted octanol–water partition coefficient (Wildman–Crippen LogP) is 20.3. The van der Waals surface area contributed by atoms with Gasteiger partial charge in [0, 0.05) is 0 Å². The summed E-state index contributed by atoms with van der Waals surface area (Å²) in [6, 6.07) is 30.1. The molecule has 364 valence electrons. The highest BCUT2D eigenvalue weighted by molar-refractivity contribution is 7.85. The molecule has 6 rings (SSSR count). The Morgan fingerprint density at radius 1 is 0.221 bits per heavy atom. The Morgan fingerprint density at radius 2 is 0.353 bits per heavy atom. The Morgan fingerprint density at radius 3 is 0.471 bits per heavy atom. The van der Waals surface area contributed by atoms with Crippen molar-refractivity contribution in [3.05, 3.63) is 164 Å². The largest absolute Gasteiger partial charge is 0.0621 e. The van der Waals surface area contributed by atoms with Gasteiger partial charge in [-0.3, -0.25) is 0 Å². The van der Waals surface area contributed by atoms with Crippen molar-refractivity contribution in [1.82, 2.24) is 0 Å². The first kappa shape index (κ1) is 53.8. The van der Waals surface area contributed by atoms with Crippen molar-refractivity contribution < 1.29 is 0 Å². The topological polar surface area (TPSA) is 0 Å². The van der Waals surface area contributed by atoms with Crippen LogP contribution in [-0.4, -0.2) is 11.3 Å². The van der Waals surface area contributed by atoms with Crippen molar-refractivity contribution in [1.29, 1.82) is 0 Å². The summed E-state index contributed by atoms with van der Waals surface area (Å²) < 4.78 is 0. The molecule has 0 radical (unpaired) electrons. The molecule has 0 bridgehead atoms. The molecule has 0 saturated carbocycles. The molecule has 0 heterocycles. The van der Waals surface area contributed by atoms with Gasteiger partial charge < -0.3 is 0 Å². The molecule has 68 heavy (non-hydrogen) atoms. The van der Waals surface area contributed by atoms with Gasteiger partial charge in [0.05, 0.1) is 11.3 Å². The van der Waals surface area contributed by atoms with Crippen LogP contribution in [0.25, 0.3) is 22.3 Å². The average molecular weight is 945 g/mol. The van der Waals surface area contributed by atoms with Gasteiger partial charge in [-0.05, 0) is 132 Å². The first-order chi connectivity index (χ1) is 30.7. The smallest absolute Gasteiger partial charge is 0.0560 e. The van der Waals surface area contributed by atoms with Gasteiger partial charge in [-0.15, -0.1) is 0 Å². The first-order valence-corrected chi connectivity index (χ1v) is 28.3. The van der Waals surface area contributed by atoms with E-state index >= 15 is 0 Å². The molecule has 0 atom stereocenters. The van der Waals surface area contributed by atoms with Gasteiger partial charge in [0.15, 0.2) is 0 Å². The monoisotopic (exact) mass is 945 g/mol. The van der Waals surface area contributed by atoms with Crippen LogP contribution >= 0.6 is 15.7 Å². The first-order valence-electron chi connectivity index (χ1n) is 25.6. The summed E-state index contributed by atoms with van der Waals surface area (Å²) in [5.41, 5.74) is 22.9. The van der Waals surface area contributed by atoms with Crippen molar-refractivity contribution >= 4 is 38.0 Å². The molecule has 0 unspecified atom stereocenters. The number of allylic oxidation sites excluding steroid dienone is 8. The van der Waals surface area contributed by atoms with Gasteiger partial charge in [0.2, 0.25) is 0 Å². The van der Waals surface area contributed by atoms with Gasteiger partial charge >= 0.3 is 0 Å². The van der Waals surface area contributed by atoms with E-state index in [-0.39, 0.29) is 54.6 Å². The lowest BCUT2D eigenvalue weighted by Gasteiger charge is -2.29. The minimum atomic E-state index is 0.0176. The molecular formula is C66H90P2. The Balaban J connectivity index is 1.65. The van der Waals surface area contributed by atoms with E-state index in [1.165, 1.54) is 105 Å². The van der Waals surface area contributed by atoms with E-state index in [1.54, 1.807) is 0 Å². The average Bonchev–Trinajstić information content (AvgIpc) is 3.81. The summed E-state index contributed by atoms with van der Waals surface area (Å²) in [7, 11) is 2.76. The fraction of sp³-hybridized carbons (Fsp3) is 0.515. The van der Waals surface area contributed by atoms with Crippen molar-refractivity contribution in [3.8, 4) is 0 Å². The maximum absolute atomic E-state index is 2.52. The molecule has 4 aromatic rings. The van der Waals surface area contributed by atoms with E-state index in [0.29, 0.717) is 0 Å². The third kappa shape index (κ3) is 12.1. The Hall–Kier alpha value is -3.56. The van der Waals surface area contributed by atoms with Crippen LogP contribution in [0.4, 0.5) is 0 Å². The molecule has 0 spiro atoms. The van der Waals surface area contributed by atoms with E-state index < -0.39 is 0 Å². The molecule has 0 fully saturated rings. The fourth-order valence-corrected chi connectivity index (χ4v) is 13.1. The SMILES string of the molecule is CC(C)(C)c1cc(C2=CC=C(c3cc(C(C)(C)C)cc(C(C)(C)C)c3)C2P=PC2C(c3cc(C(C)(C)C)cc(C(C)(C)C)c3)=CC=C2c2cc(C(C)(C)C)cc(C(C)(C)C)c2)cc(C(C)(C)C)c1. The third-order valence-electron chi connectivity index (χ3n) is 14.4. The van der Waals surface area contributed by atoms with Crippen LogP contribution < -0.4 is 0 Å². The van der Waals surface area contributed by atoms with E-state index in [1.807, 2.05) is 0 Å². The minimum Gasteiger partial charge on any atom is -0.0621 e. The lowest BCUT2D eigenvalue weighted by atomic mass is 9.78. The van der Waals surface area contributed by atoms with Gasteiger partial charge in [0.25, 0.3) is 0 Å². The van der Waals surface area contributed by atoms with Crippen LogP contribution in [0, 0.1) is 0 Å². The highest BCUT2D eigenvalue weighted by atomic mass is 31.7. The summed E-state index contributed by atoms with van der Waals surface area (Å²) in [6.07, 6.45) is 9.96. The van der Waals surface area contributed by atoms with Gasteiger partial charge in [-0.1, -0.05) is 279 Å². The van der Waals surface area contributed by atoms with Crippen molar-refractivity contribution in [2.75, 3.05) is 0 Å². The minimum absolute atomic E-state index is 0.0176. The zero-order valence-electron chi connectivity index (χ0n) is 47.3. The van der Waals surface area contributed by atoms with Crippen LogP contribution in [0.15, 0.2) is 97.1 Å². The molecule has 0 N–H and O–H groups in total. The van der Waals surface area contributed by atoms with E-state index in [2.05, 4.69) is 263 Å². The molecule has 4 aromatic carbocycles. The van der Waals surface area contributed by atoms with Gasteiger partial charge in [-0.2, -0.15) is 0 Å². The fourth-order valence-electron chi connectivity index (χ4n) is 9.10. The van der Waals surface area contributed by atoms with Crippen molar-refractivity contribution in [3.63, 3.8) is 0 Å². The summed E-state index contributed by atoms with van der Waals surface area (Å²) in [6.45, 7) is 56.8. The number of rotatable bonds is 6. The highest BCUT2D eigenvalue weighted by Gasteiger charge is 2.34. The van der Waals surface area contributed by atoms with Crippen LogP contribution in [-0.2, 0) is 43.3 Å². The lowest BCUT2D eigenvalue weighted by Crippen LogP contribution is -2.18. The Labute approximate surface area is 420 Å². The standard InChI is InChI=1S/C66H90P2/c1-59(2,3)45-29-41(30-46(37-45)60(4,5)6)53-25-26-54(42-31-47(61(7,8)9)38-48(32-42)62(10,11)12)57(53)67-68-58-55(43-33-49(63(13,14)15)39-50(34-43)64(16,17)18)27-28-56(58)44-35-51(65(19,20)21)40-52(36-44)66(22,23)24/h25-40,57-58H,1-24H3. The molecule has 2 aliphatic carbocycles. The zero-order valence-corrected chi connectivity index (χ0v) is 49.1. The maximum atomic E-state index is 2.52. The van der Waals surface area contributed by atoms with Crippen LogP contribution in [0.2, 0.25) is 0 Å². The number of benzene rings is 4. The second-order valence-electron chi connectivity index (χ2n) is 28.7. The van der Waals surface area contributed by atoms with E-state index in [9.17, 15) is 0 Å². The van der Waals surface area contributed by atoms with Crippen LogP contribution in [0.5, 0.6) is 0 Å². The number of hydrogen-bond donors (Lipinski definition) is 0. The molecule has 0 aromatic heterocycles. The second kappa shape index (κ2) is 18.2. The van der Waals surface area contributed by atoms with Gasteiger partial charge in [0.1, 0.15) is 0 Å². The van der Waals surface area contributed by atoms with Crippen LogP contribution in [0.3, 0.4) is 0 Å². The quantitative estimate of drug-likeness (QED) is 0.169. The number of hydrogen-bond acceptors (Lipinski definition) is 0. The Kier molecular flexibility index (Phi) is 14.4. The molecule has 2 aliphatic rings. The van der Waals surface area contributed by atoms with Crippen molar-refractivity contribution in [2.24, 2.45) is 0 Å². The second-order valence-corrected chi connectivity index (χ2v) is 31.6. The zero-order chi connectivity index (χ0) is 51.1. The van der Waals surface area contributed by atoms with E-state index in [4.69, 9.17) is 0 Å². The molecule has 2 heteroatoms. The van der Waals surface area contributed by atoms with Crippen LogP contribution in [0.1, 0.15) is 233 Å². The molecule has 0 aliphatic heterocycles. The molecule has 0 nitrogen and oxygen atoms in total. The Bertz CT molecular complexity index is 2210. The molecular weight excluding hydrogens is 855 g/mol. The third-order valence-corrected chi connectivity index (χ3v) is 17.8. The molecule has 0 saturated heterocycles. The van der Waals surface area contributed by atoms with Crippen molar-refractivity contribution in [2.45, 2.75) is 221 Å². The normalized spacial score (nSPS) is 16.4. The lowest BCUT2D eigenvalue weighted by molar-refractivity contribution is 0.567. The van der Waals surface area contributed by atoms with Gasteiger partial charge in [-0.25, -0.2) is 0 Å². The maximum Gasteiger partial charge on any atom is 0.0560 e. The molecule has 0 amide bonds. The summed E-state index contributed by atoms with van der Waals surface area (Å²) >= 11 is 0. The van der Waals surface area contributed by atoms with E-state index in [0.717, 1.165) is 0 Å². The summed E-state index contributed by atoms with van der Waals surface area (Å²) in [5.74, 6) is 0. The predicted molar refractivity (Wildman–Crippen MR) is 309 cm³/mol. The summed E-state index contributed by atoms with van der Waals surface area (Å²) in [4.78, 5) is 0.